The standard InChI is InChI=1S/C20H29NO6/c1-11(2)8-14(21-18(24)27-19(3,4)5)13-9-12(22)10-15-16(13)17(23)26-20(6,7)25-15/h9-11,14,22H,8H2,1-7H3,(H,21,24)/t14-/m0/s1. The number of cyclic esters (lactones) is 1. The van der Waals surface area contributed by atoms with Gasteiger partial charge in [-0.3, -0.25) is 0 Å². The zero-order chi connectivity index (χ0) is 20.6. The van der Waals surface area contributed by atoms with Crippen LogP contribution in [0.5, 0.6) is 11.5 Å². The van der Waals surface area contributed by atoms with Gasteiger partial charge in [-0.1, -0.05) is 13.8 Å². The minimum Gasteiger partial charge on any atom is -0.508 e. The highest BCUT2D eigenvalue weighted by Gasteiger charge is 2.38. The molecule has 1 atom stereocenters. The van der Waals surface area contributed by atoms with Crippen LogP contribution in [0.25, 0.3) is 0 Å². The largest absolute Gasteiger partial charge is 0.508 e. The molecule has 0 aromatic heterocycles. The summed E-state index contributed by atoms with van der Waals surface area (Å²) in [5, 5.41) is 13.0. The maximum atomic E-state index is 12.6. The Morgan fingerprint density at radius 1 is 1.26 bits per heavy atom. The average molecular weight is 379 g/mol. The molecule has 0 saturated carbocycles. The van der Waals surface area contributed by atoms with Gasteiger partial charge in [0, 0.05) is 19.9 Å². The first-order valence-corrected chi connectivity index (χ1v) is 9.06. The van der Waals surface area contributed by atoms with E-state index in [-0.39, 0.29) is 23.0 Å². The Morgan fingerprint density at radius 2 is 1.89 bits per heavy atom. The summed E-state index contributed by atoms with van der Waals surface area (Å²) in [4.78, 5) is 24.9. The van der Waals surface area contributed by atoms with Crippen molar-refractivity contribution in [3.63, 3.8) is 0 Å². The SMILES string of the molecule is CC(C)C[C@H](NC(=O)OC(C)(C)C)c1cc(O)cc2c1C(=O)OC(C)(C)O2. The number of amides is 1. The van der Waals surface area contributed by atoms with Crippen LogP contribution in [0.1, 0.15) is 76.9 Å². The molecule has 0 unspecified atom stereocenters. The molecule has 7 nitrogen and oxygen atoms in total. The second-order valence-electron chi connectivity index (χ2n) is 8.63. The molecule has 1 aromatic carbocycles. The van der Waals surface area contributed by atoms with Crippen molar-refractivity contribution >= 4 is 12.1 Å². The predicted molar refractivity (Wildman–Crippen MR) is 99.8 cm³/mol. The molecule has 0 radical (unpaired) electrons. The van der Waals surface area contributed by atoms with Gasteiger partial charge in [-0.2, -0.15) is 0 Å². The van der Waals surface area contributed by atoms with Crippen molar-refractivity contribution in [2.45, 2.75) is 72.3 Å². The number of hydrogen-bond donors (Lipinski definition) is 2. The Balaban J connectivity index is 2.45. The molecule has 7 heteroatoms. The van der Waals surface area contributed by atoms with E-state index < -0.39 is 29.5 Å². The minimum absolute atomic E-state index is 0.0611. The molecule has 150 valence electrons. The van der Waals surface area contributed by atoms with Crippen LogP contribution >= 0.6 is 0 Å². The predicted octanol–water partition coefficient (Wildman–Crippen LogP) is 4.29. The van der Waals surface area contributed by atoms with Gasteiger partial charge in [0.2, 0.25) is 5.79 Å². The molecular formula is C20H29NO6. The Bertz CT molecular complexity index is 733. The zero-order valence-corrected chi connectivity index (χ0v) is 17.0. The summed E-state index contributed by atoms with van der Waals surface area (Å²) in [5.74, 6) is -1.32. The van der Waals surface area contributed by atoms with Crippen LogP contribution in [-0.4, -0.2) is 28.6 Å². The monoisotopic (exact) mass is 379 g/mol. The van der Waals surface area contributed by atoms with Crippen LogP contribution in [0.2, 0.25) is 0 Å². The maximum absolute atomic E-state index is 12.6. The third-order valence-electron chi connectivity index (χ3n) is 3.79. The lowest BCUT2D eigenvalue weighted by molar-refractivity contribution is -0.127. The van der Waals surface area contributed by atoms with Crippen molar-refractivity contribution in [1.29, 1.82) is 0 Å². The summed E-state index contributed by atoms with van der Waals surface area (Å²) in [7, 11) is 0. The molecule has 1 aromatic rings. The summed E-state index contributed by atoms with van der Waals surface area (Å²) in [6.45, 7) is 12.5. The fourth-order valence-corrected chi connectivity index (χ4v) is 2.94. The van der Waals surface area contributed by atoms with Crippen LogP contribution in [0.15, 0.2) is 12.1 Å². The van der Waals surface area contributed by atoms with E-state index in [0.29, 0.717) is 12.0 Å². The number of carbonyl (C=O) groups excluding carboxylic acids is 2. The summed E-state index contributed by atoms with van der Waals surface area (Å²) >= 11 is 0. The maximum Gasteiger partial charge on any atom is 0.408 e. The smallest absolute Gasteiger partial charge is 0.408 e. The number of esters is 1. The van der Waals surface area contributed by atoms with Crippen molar-refractivity contribution in [3.8, 4) is 11.5 Å². The molecule has 0 saturated heterocycles. The zero-order valence-electron chi connectivity index (χ0n) is 17.0. The van der Waals surface area contributed by atoms with Gasteiger partial charge in [0.15, 0.2) is 0 Å². The highest BCUT2D eigenvalue weighted by molar-refractivity contribution is 5.96. The Morgan fingerprint density at radius 3 is 2.44 bits per heavy atom. The van der Waals surface area contributed by atoms with Crippen LogP contribution in [0.3, 0.4) is 0 Å². The van der Waals surface area contributed by atoms with E-state index in [0.717, 1.165) is 0 Å². The second-order valence-corrected chi connectivity index (χ2v) is 8.63. The molecular weight excluding hydrogens is 350 g/mol. The van der Waals surface area contributed by atoms with Crippen LogP contribution in [0, 0.1) is 5.92 Å². The third kappa shape index (κ3) is 5.52. The van der Waals surface area contributed by atoms with Crippen LogP contribution in [-0.2, 0) is 9.47 Å². The number of alkyl carbamates (subject to hydrolysis) is 1. The lowest BCUT2D eigenvalue weighted by Crippen LogP contribution is -2.41. The van der Waals surface area contributed by atoms with Gasteiger partial charge in [-0.05, 0) is 44.7 Å². The van der Waals surface area contributed by atoms with Crippen molar-refractivity contribution < 1.29 is 28.9 Å². The van der Waals surface area contributed by atoms with E-state index in [4.69, 9.17) is 14.2 Å². The highest BCUT2D eigenvalue weighted by atomic mass is 16.7. The molecule has 1 amide bonds. The van der Waals surface area contributed by atoms with Gasteiger partial charge in [0.1, 0.15) is 22.7 Å². The number of carbonyl (C=O) groups is 2. The summed E-state index contributed by atoms with van der Waals surface area (Å²) in [6, 6.07) is 2.27. The summed E-state index contributed by atoms with van der Waals surface area (Å²) < 4.78 is 16.4. The Labute approximate surface area is 160 Å². The number of aromatic hydroxyl groups is 1. The van der Waals surface area contributed by atoms with E-state index in [2.05, 4.69) is 5.32 Å². The van der Waals surface area contributed by atoms with Gasteiger partial charge in [0.05, 0.1) is 6.04 Å². The van der Waals surface area contributed by atoms with Gasteiger partial charge in [0.25, 0.3) is 0 Å². The first kappa shape index (κ1) is 20.9. The molecule has 0 fully saturated rings. The average Bonchev–Trinajstić information content (AvgIpc) is 2.40. The summed E-state index contributed by atoms with van der Waals surface area (Å²) in [5.41, 5.74) is -0.0181. The van der Waals surface area contributed by atoms with Crippen molar-refractivity contribution in [2.75, 3.05) is 0 Å². The van der Waals surface area contributed by atoms with Crippen LogP contribution < -0.4 is 10.1 Å². The van der Waals surface area contributed by atoms with E-state index in [1.54, 1.807) is 34.6 Å². The third-order valence-corrected chi connectivity index (χ3v) is 3.79. The number of ether oxygens (including phenoxy) is 3. The molecule has 2 rings (SSSR count). The Hall–Kier alpha value is -2.44. The van der Waals surface area contributed by atoms with E-state index in [1.807, 2.05) is 13.8 Å². The van der Waals surface area contributed by atoms with Crippen molar-refractivity contribution in [3.05, 3.63) is 23.3 Å². The van der Waals surface area contributed by atoms with Gasteiger partial charge in [-0.25, -0.2) is 9.59 Å². The molecule has 0 spiro atoms. The van der Waals surface area contributed by atoms with Gasteiger partial charge < -0.3 is 24.6 Å². The number of benzene rings is 1. The van der Waals surface area contributed by atoms with Crippen molar-refractivity contribution in [1.82, 2.24) is 5.32 Å². The molecule has 0 aliphatic carbocycles. The lowest BCUT2D eigenvalue weighted by Gasteiger charge is -2.34. The molecule has 1 heterocycles. The lowest BCUT2D eigenvalue weighted by atomic mass is 9.92. The topological polar surface area (TPSA) is 94.1 Å². The Kier molecular flexibility index (Phi) is 5.63. The molecule has 1 aliphatic heterocycles. The first-order chi connectivity index (χ1) is 12.3. The fourth-order valence-electron chi connectivity index (χ4n) is 2.94. The van der Waals surface area contributed by atoms with Crippen molar-refractivity contribution in [2.24, 2.45) is 5.92 Å². The van der Waals surface area contributed by atoms with E-state index in [9.17, 15) is 14.7 Å². The molecule has 27 heavy (non-hydrogen) atoms. The molecule has 2 N–H and O–H groups in total. The second kappa shape index (κ2) is 7.29. The fraction of sp³-hybridized carbons (Fsp3) is 0.600. The number of phenols is 1. The molecule has 1 aliphatic rings. The number of fused-ring (bicyclic) bond motifs is 1. The van der Waals surface area contributed by atoms with Crippen LogP contribution in [0.4, 0.5) is 4.79 Å². The van der Waals surface area contributed by atoms with E-state index in [1.165, 1.54) is 12.1 Å². The minimum atomic E-state index is -1.14. The number of nitrogens with one attached hydrogen (secondary N) is 1. The normalized spacial score (nSPS) is 16.8. The number of hydrogen-bond acceptors (Lipinski definition) is 6. The first-order valence-electron chi connectivity index (χ1n) is 9.06. The quantitative estimate of drug-likeness (QED) is 0.758. The highest BCUT2D eigenvalue weighted by Crippen LogP contribution is 2.40. The number of rotatable bonds is 4. The number of phenolic OH excluding ortho intramolecular Hbond substituents is 1. The molecule has 0 bridgehead atoms. The van der Waals surface area contributed by atoms with Gasteiger partial charge >= 0.3 is 12.1 Å². The van der Waals surface area contributed by atoms with Gasteiger partial charge in [-0.15, -0.1) is 0 Å². The van der Waals surface area contributed by atoms with E-state index >= 15 is 0 Å². The summed E-state index contributed by atoms with van der Waals surface area (Å²) in [6.07, 6.45) is -0.0677.